The van der Waals surface area contributed by atoms with Crippen molar-refractivity contribution in [3.05, 3.63) is 35.9 Å². The summed E-state index contributed by atoms with van der Waals surface area (Å²) in [5.74, 6) is -0.198. The summed E-state index contributed by atoms with van der Waals surface area (Å²) in [5.41, 5.74) is 0.0721. The molecule has 0 aromatic heterocycles. The summed E-state index contributed by atoms with van der Waals surface area (Å²) in [6.45, 7) is 6.20. The first-order chi connectivity index (χ1) is 11.6. The van der Waals surface area contributed by atoms with Gasteiger partial charge in [0.15, 0.2) is 0 Å². The van der Waals surface area contributed by atoms with E-state index >= 15 is 0 Å². The predicted molar refractivity (Wildman–Crippen MR) is 92.6 cm³/mol. The van der Waals surface area contributed by atoms with Gasteiger partial charge in [-0.2, -0.15) is 8.42 Å². The van der Waals surface area contributed by atoms with Crippen molar-refractivity contribution in [2.45, 2.75) is 38.2 Å². The van der Waals surface area contributed by atoms with Gasteiger partial charge in [0.05, 0.1) is 19.8 Å². The summed E-state index contributed by atoms with van der Waals surface area (Å²) in [7, 11) is -3.72. The van der Waals surface area contributed by atoms with E-state index in [1.165, 1.54) is 4.90 Å². The molecule has 140 valence electrons. The molecule has 25 heavy (non-hydrogen) atoms. The summed E-state index contributed by atoms with van der Waals surface area (Å²) in [5, 5.41) is 0. The highest BCUT2D eigenvalue weighted by molar-refractivity contribution is 7.85. The van der Waals surface area contributed by atoms with Crippen molar-refractivity contribution < 1.29 is 26.9 Å². The zero-order valence-corrected chi connectivity index (χ0v) is 15.6. The Bertz CT molecular complexity index is 668. The molecule has 0 aliphatic carbocycles. The zero-order valence-electron chi connectivity index (χ0n) is 14.8. The molecule has 0 unspecified atom stereocenters. The van der Waals surface area contributed by atoms with Crippen LogP contribution in [0.15, 0.2) is 30.3 Å². The average molecular weight is 371 g/mol. The Balaban J connectivity index is 1.85. The first-order valence-electron chi connectivity index (χ1n) is 8.15. The Kier molecular flexibility index (Phi) is 6.42. The van der Waals surface area contributed by atoms with E-state index in [9.17, 15) is 13.2 Å². The Morgan fingerprint density at radius 2 is 1.96 bits per heavy atom. The van der Waals surface area contributed by atoms with E-state index in [1.807, 2.05) is 6.07 Å². The van der Waals surface area contributed by atoms with E-state index in [2.05, 4.69) is 0 Å². The highest BCUT2D eigenvalue weighted by Crippen LogP contribution is 2.14. The minimum Gasteiger partial charge on any atom is -0.444 e. The first-order valence-corrected chi connectivity index (χ1v) is 9.73. The lowest BCUT2D eigenvalue weighted by atomic mass is 10.2. The van der Waals surface area contributed by atoms with Gasteiger partial charge in [-0.1, -0.05) is 30.3 Å². The van der Waals surface area contributed by atoms with Gasteiger partial charge in [0.25, 0.3) is 10.1 Å². The van der Waals surface area contributed by atoms with Gasteiger partial charge in [0.2, 0.25) is 0 Å². The van der Waals surface area contributed by atoms with Gasteiger partial charge in [0, 0.05) is 6.54 Å². The van der Waals surface area contributed by atoms with Gasteiger partial charge in [-0.15, -0.1) is 0 Å². The maximum absolute atomic E-state index is 12.1. The van der Waals surface area contributed by atoms with Crippen molar-refractivity contribution in [3.63, 3.8) is 0 Å². The summed E-state index contributed by atoms with van der Waals surface area (Å²) in [4.78, 5) is 13.6. The lowest BCUT2D eigenvalue weighted by Gasteiger charge is -2.33. The largest absolute Gasteiger partial charge is 0.444 e. The second-order valence-corrected chi connectivity index (χ2v) is 8.53. The van der Waals surface area contributed by atoms with Crippen LogP contribution < -0.4 is 0 Å². The predicted octanol–water partition coefficient (Wildman–Crippen LogP) is 2.17. The molecule has 1 saturated heterocycles. The van der Waals surface area contributed by atoms with E-state index < -0.39 is 27.9 Å². The van der Waals surface area contributed by atoms with Crippen molar-refractivity contribution in [1.29, 1.82) is 0 Å². The molecular formula is C17H25NO6S. The maximum Gasteiger partial charge on any atom is 0.410 e. The quantitative estimate of drug-likeness (QED) is 0.738. The van der Waals surface area contributed by atoms with E-state index in [0.717, 1.165) is 0 Å². The first kappa shape index (κ1) is 19.7. The van der Waals surface area contributed by atoms with E-state index in [4.69, 9.17) is 13.7 Å². The molecule has 1 aromatic rings. The number of rotatable bonds is 5. The number of benzene rings is 1. The minimum atomic E-state index is -3.72. The fourth-order valence-electron chi connectivity index (χ4n) is 2.31. The van der Waals surface area contributed by atoms with E-state index in [-0.39, 0.29) is 18.9 Å². The molecule has 0 radical (unpaired) electrons. The molecule has 1 fully saturated rings. The highest BCUT2D eigenvalue weighted by atomic mass is 32.2. The fourth-order valence-corrected chi connectivity index (χ4v) is 3.36. The number of carbonyl (C=O) groups is 1. The van der Waals surface area contributed by atoms with Crippen LogP contribution in [0, 0.1) is 0 Å². The van der Waals surface area contributed by atoms with Crippen molar-refractivity contribution in [3.8, 4) is 0 Å². The van der Waals surface area contributed by atoms with Crippen molar-refractivity contribution in [2.24, 2.45) is 0 Å². The molecule has 7 nitrogen and oxygen atoms in total. The molecule has 1 aliphatic heterocycles. The monoisotopic (exact) mass is 371 g/mol. The van der Waals surface area contributed by atoms with Crippen LogP contribution in [0.3, 0.4) is 0 Å². The normalized spacial score (nSPS) is 18.8. The number of ether oxygens (including phenoxy) is 2. The standard InChI is InChI=1S/C17H25NO6S/c1-17(2,3)24-16(19)18-9-10-22-15(11-18)12-23-25(20,21)13-14-7-5-4-6-8-14/h4-8,15H,9-13H2,1-3H3/t15-/m0/s1. The van der Waals surface area contributed by atoms with Crippen LogP contribution >= 0.6 is 0 Å². The molecule has 0 spiro atoms. The number of morpholine rings is 1. The molecular weight excluding hydrogens is 346 g/mol. The molecule has 8 heteroatoms. The smallest absolute Gasteiger partial charge is 0.410 e. The molecule has 0 N–H and O–H groups in total. The molecule has 0 bridgehead atoms. The molecule has 1 amide bonds. The second kappa shape index (κ2) is 8.16. The van der Waals surface area contributed by atoms with E-state index in [0.29, 0.717) is 18.7 Å². The molecule has 1 aliphatic rings. The van der Waals surface area contributed by atoms with Crippen LogP contribution in [0.4, 0.5) is 4.79 Å². The fraction of sp³-hybridized carbons (Fsp3) is 0.588. The van der Waals surface area contributed by atoms with Gasteiger partial charge < -0.3 is 14.4 Å². The Morgan fingerprint density at radius 1 is 1.28 bits per heavy atom. The Hall–Kier alpha value is -1.64. The van der Waals surface area contributed by atoms with Gasteiger partial charge in [-0.05, 0) is 26.3 Å². The molecule has 2 rings (SSSR count). The summed E-state index contributed by atoms with van der Waals surface area (Å²) in [6.07, 6.45) is -0.945. The summed E-state index contributed by atoms with van der Waals surface area (Å²) in [6, 6.07) is 8.81. The minimum absolute atomic E-state index is 0.130. The van der Waals surface area contributed by atoms with Crippen LogP contribution in [-0.2, 0) is 29.5 Å². The highest BCUT2D eigenvalue weighted by Gasteiger charge is 2.29. The SMILES string of the molecule is CC(C)(C)OC(=O)N1CCO[C@H](COS(=O)(=O)Cc2ccccc2)C1. The van der Waals surface area contributed by atoms with Crippen molar-refractivity contribution in [2.75, 3.05) is 26.3 Å². The number of hydrogen-bond acceptors (Lipinski definition) is 6. The number of hydrogen-bond donors (Lipinski definition) is 0. The lowest BCUT2D eigenvalue weighted by Crippen LogP contribution is -2.49. The van der Waals surface area contributed by atoms with Crippen LogP contribution in [0.2, 0.25) is 0 Å². The Labute approximate surface area is 149 Å². The third-order valence-corrected chi connectivity index (χ3v) is 4.59. The van der Waals surface area contributed by atoms with Crippen LogP contribution in [0.5, 0.6) is 0 Å². The topological polar surface area (TPSA) is 82.1 Å². The van der Waals surface area contributed by atoms with Crippen LogP contribution in [0.1, 0.15) is 26.3 Å². The number of amides is 1. The number of nitrogens with zero attached hydrogens (tertiary/aromatic N) is 1. The van der Waals surface area contributed by atoms with E-state index in [1.54, 1.807) is 45.0 Å². The van der Waals surface area contributed by atoms with Gasteiger partial charge >= 0.3 is 6.09 Å². The third kappa shape index (κ3) is 7.01. The summed E-state index contributed by atoms with van der Waals surface area (Å²) < 4.78 is 40.0. The lowest BCUT2D eigenvalue weighted by molar-refractivity contribution is -0.0549. The second-order valence-electron chi connectivity index (χ2n) is 6.89. The summed E-state index contributed by atoms with van der Waals surface area (Å²) >= 11 is 0. The Morgan fingerprint density at radius 3 is 2.60 bits per heavy atom. The molecule has 0 saturated carbocycles. The zero-order chi connectivity index (χ0) is 18.5. The molecule has 1 heterocycles. The van der Waals surface area contributed by atoms with Crippen molar-refractivity contribution >= 4 is 16.2 Å². The van der Waals surface area contributed by atoms with Crippen LogP contribution in [-0.4, -0.2) is 57.4 Å². The molecule has 1 atom stereocenters. The number of carbonyl (C=O) groups excluding carboxylic acids is 1. The maximum atomic E-state index is 12.1. The average Bonchev–Trinajstić information content (AvgIpc) is 2.52. The van der Waals surface area contributed by atoms with Gasteiger partial charge in [-0.3, -0.25) is 4.18 Å². The van der Waals surface area contributed by atoms with Gasteiger partial charge in [-0.25, -0.2) is 4.79 Å². The van der Waals surface area contributed by atoms with Gasteiger partial charge in [0.1, 0.15) is 17.5 Å². The third-order valence-electron chi connectivity index (χ3n) is 3.41. The van der Waals surface area contributed by atoms with Crippen molar-refractivity contribution in [1.82, 2.24) is 4.90 Å². The molecule has 1 aromatic carbocycles. The van der Waals surface area contributed by atoms with Crippen LogP contribution in [0.25, 0.3) is 0 Å².